The van der Waals surface area contributed by atoms with Gasteiger partial charge in [0.1, 0.15) is 12.4 Å². The van der Waals surface area contributed by atoms with Crippen molar-refractivity contribution in [1.82, 2.24) is 0 Å². The van der Waals surface area contributed by atoms with Crippen LogP contribution >= 0.6 is 0 Å². The summed E-state index contributed by atoms with van der Waals surface area (Å²) in [5.74, 6) is 0.630. The predicted octanol–water partition coefficient (Wildman–Crippen LogP) is 3.70. The second-order valence-corrected chi connectivity index (χ2v) is 4.22. The third-order valence-corrected chi connectivity index (χ3v) is 2.92. The Morgan fingerprint density at radius 3 is 2.94 bits per heavy atom. The molecule has 0 saturated carbocycles. The molecule has 1 aromatic rings. The van der Waals surface area contributed by atoms with Gasteiger partial charge in [0.2, 0.25) is 0 Å². The number of allylic oxidation sites excluding steroid dienone is 1. The molecule has 1 aromatic carbocycles. The Hall–Kier alpha value is -2.03. The van der Waals surface area contributed by atoms with Gasteiger partial charge in [0.15, 0.2) is 0 Å². The molecule has 1 aliphatic rings. The lowest BCUT2D eigenvalue weighted by atomic mass is 9.91. The molecule has 18 heavy (non-hydrogen) atoms. The molecule has 1 aliphatic carbocycles. The fourth-order valence-corrected chi connectivity index (χ4v) is 2.01. The summed E-state index contributed by atoms with van der Waals surface area (Å²) in [6.07, 6.45) is 2.72. The maximum atomic E-state index is 11.5. The van der Waals surface area contributed by atoms with Crippen LogP contribution in [0, 0.1) is 0 Å². The monoisotopic (exact) mass is 244 g/mol. The second kappa shape index (κ2) is 5.54. The number of rotatable bonds is 3. The summed E-state index contributed by atoms with van der Waals surface area (Å²) in [6, 6.07) is 7.96. The van der Waals surface area contributed by atoms with Gasteiger partial charge in [0.25, 0.3) is 0 Å². The van der Waals surface area contributed by atoms with Crippen molar-refractivity contribution >= 4 is 11.9 Å². The van der Waals surface area contributed by atoms with E-state index >= 15 is 0 Å². The van der Waals surface area contributed by atoms with E-state index in [1.54, 1.807) is 0 Å². The normalized spacial score (nSPS) is 13.8. The van der Waals surface area contributed by atoms with Gasteiger partial charge in [-0.3, -0.25) is 0 Å². The minimum Gasteiger partial charge on any atom is -0.430 e. The van der Waals surface area contributed by atoms with E-state index in [0.29, 0.717) is 5.76 Å². The highest BCUT2D eigenvalue weighted by Crippen LogP contribution is 2.31. The summed E-state index contributed by atoms with van der Waals surface area (Å²) in [7, 11) is 0. The van der Waals surface area contributed by atoms with Crippen LogP contribution in [0.15, 0.2) is 42.5 Å². The van der Waals surface area contributed by atoms with Gasteiger partial charge in [-0.15, -0.1) is 0 Å². The fourth-order valence-electron chi connectivity index (χ4n) is 2.01. The first-order valence-electron chi connectivity index (χ1n) is 5.96. The topological polar surface area (TPSA) is 35.5 Å². The summed E-state index contributed by atoms with van der Waals surface area (Å²) in [6.45, 7) is 5.62. The molecule has 94 valence electrons. The zero-order valence-corrected chi connectivity index (χ0v) is 10.4. The van der Waals surface area contributed by atoms with Gasteiger partial charge in [-0.05, 0) is 30.9 Å². The minimum atomic E-state index is -0.680. The Morgan fingerprint density at radius 1 is 1.39 bits per heavy atom. The highest BCUT2D eigenvalue weighted by Gasteiger charge is 2.20. The van der Waals surface area contributed by atoms with E-state index in [2.05, 4.69) is 12.6 Å². The average molecular weight is 244 g/mol. The van der Waals surface area contributed by atoms with Gasteiger partial charge in [-0.1, -0.05) is 36.9 Å². The van der Waals surface area contributed by atoms with E-state index in [4.69, 9.17) is 9.47 Å². The number of ether oxygens (including phenoxy) is 2. The minimum absolute atomic E-state index is 0.160. The van der Waals surface area contributed by atoms with Crippen molar-refractivity contribution in [2.75, 3.05) is 6.61 Å². The molecule has 0 spiro atoms. The Kier molecular flexibility index (Phi) is 3.82. The highest BCUT2D eigenvalue weighted by molar-refractivity contribution is 5.76. The van der Waals surface area contributed by atoms with Crippen LogP contribution in [0.4, 0.5) is 4.79 Å². The number of hydrogen-bond donors (Lipinski definition) is 0. The molecule has 0 amide bonds. The lowest BCUT2D eigenvalue weighted by molar-refractivity contribution is 0.0999. The summed E-state index contributed by atoms with van der Waals surface area (Å²) in [5, 5.41) is 0. The lowest BCUT2D eigenvalue weighted by Gasteiger charge is -2.20. The SMILES string of the molecule is C=CCOC(=O)OC1=C(C)CCc2ccccc21. The molecule has 0 aliphatic heterocycles. The Labute approximate surface area is 107 Å². The first-order chi connectivity index (χ1) is 8.72. The summed E-state index contributed by atoms with van der Waals surface area (Å²) < 4.78 is 10.1. The number of benzene rings is 1. The van der Waals surface area contributed by atoms with E-state index in [0.717, 1.165) is 24.0 Å². The van der Waals surface area contributed by atoms with Gasteiger partial charge in [0.05, 0.1) is 0 Å². The molecule has 0 bridgehead atoms. The van der Waals surface area contributed by atoms with Crippen LogP contribution in [0.1, 0.15) is 24.5 Å². The molecule has 0 radical (unpaired) electrons. The number of aryl methyl sites for hydroxylation is 1. The molecule has 0 unspecified atom stereocenters. The standard InChI is InChI=1S/C15H16O3/c1-3-10-17-15(16)18-14-11(2)8-9-12-6-4-5-7-13(12)14/h3-7H,1,8-10H2,2H3. The average Bonchev–Trinajstić information content (AvgIpc) is 2.40. The largest absolute Gasteiger partial charge is 0.514 e. The van der Waals surface area contributed by atoms with E-state index in [1.165, 1.54) is 11.6 Å². The highest BCUT2D eigenvalue weighted by atomic mass is 16.7. The molecule has 3 heteroatoms. The van der Waals surface area contributed by atoms with Crippen LogP contribution in [0.25, 0.3) is 5.76 Å². The maximum Gasteiger partial charge on any atom is 0.514 e. The van der Waals surface area contributed by atoms with E-state index in [-0.39, 0.29) is 6.61 Å². The summed E-state index contributed by atoms with van der Waals surface area (Å²) in [4.78, 5) is 11.5. The first kappa shape index (κ1) is 12.4. The molecule has 0 saturated heterocycles. The first-order valence-corrected chi connectivity index (χ1v) is 5.96. The molecule has 0 fully saturated rings. The number of fused-ring (bicyclic) bond motifs is 1. The van der Waals surface area contributed by atoms with Crippen molar-refractivity contribution < 1.29 is 14.3 Å². The maximum absolute atomic E-state index is 11.5. The molecule has 3 nitrogen and oxygen atoms in total. The quantitative estimate of drug-likeness (QED) is 0.600. The lowest BCUT2D eigenvalue weighted by Crippen LogP contribution is -2.12. The third kappa shape index (κ3) is 2.62. The number of carbonyl (C=O) groups is 1. The zero-order chi connectivity index (χ0) is 13.0. The van der Waals surface area contributed by atoms with Gasteiger partial charge < -0.3 is 9.47 Å². The predicted molar refractivity (Wildman–Crippen MR) is 70.0 cm³/mol. The Balaban J connectivity index is 2.20. The van der Waals surface area contributed by atoms with Crippen molar-refractivity contribution in [2.24, 2.45) is 0 Å². The van der Waals surface area contributed by atoms with E-state index < -0.39 is 6.16 Å². The molecule has 0 aromatic heterocycles. The van der Waals surface area contributed by atoms with E-state index in [9.17, 15) is 4.79 Å². The summed E-state index contributed by atoms with van der Waals surface area (Å²) in [5.41, 5.74) is 3.26. The van der Waals surface area contributed by atoms with Crippen LogP contribution in [0.3, 0.4) is 0 Å². The van der Waals surface area contributed by atoms with Crippen LogP contribution in [0.5, 0.6) is 0 Å². The molecule has 0 N–H and O–H groups in total. The van der Waals surface area contributed by atoms with Crippen molar-refractivity contribution in [3.8, 4) is 0 Å². The summed E-state index contributed by atoms with van der Waals surface area (Å²) >= 11 is 0. The van der Waals surface area contributed by atoms with Crippen molar-refractivity contribution in [1.29, 1.82) is 0 Å². The van der Waals surface area contributed by atoms with Crippen molar-refractivity contribution in [3.63, 3.8) is 0 Å². The Bertz CT molecular complexity index is 500. The molecular weight excluding hydrogens is 228 g/mol. The smallest absolute Gasteiger partial charge is 0.430 e. The van der Waals surface area contributed by atoms with Crippen molar-refractivity contribution in [3.05, 3.63) is 53.6 Å². The molecule has 0 atom stereocenters. The van der Waals surface area contributed by atoms with Gasteiger partial charge in [-0.2, -0.15) is 0 Å². The fraction of sp³-hybridized carbons (Fsp3) is 0.267. The van der Waals surface area contributed by atoms with Crippen LogP contribution in [-0.2, 0) is 15.9 Å². The third-order valence-electron chi connectivity index (χ3n) is 2.92. The van der Waals surface area contributed by atoms with Gasteiger partial charge >= 0.3 is 6.16 Å². The van der Waals surface area contributed by atoms with Gasteiger partial charge in [-0.25, -0.2) is 4.79 Å². The Morgan fingerprint density at radius 2 is 2.17 bits per heavy atom. The molecular formula is C15H16O3. The van der Waals surface area contributed by atoms with Crippen molar-refractivity contribution in [2.45, 2.75) is 19.8 Å². The van der Waals surface area contributed by atoms with E-state index in [1.807, 2.05) is 25.1 Å². The van der Waals surface area contributed by atoms with Crippen LogP contribution < -0.4 is 0 Å². The molecule has 0 heterocycles. The molecule has 2 rings (SSSR count). The van der Waals surface area contributed by atoms with Crippen LogP contribution in [0.2, 0.25) is 0 Å². The zero-order valence-electron chi connectivity index (χ0n) is 10.4. The number of hydrogen-bond acceptors (Lipinski definition) is 3. The number of carbonyl (C=O) groups excluding carboxylic acids is 1. The second-order valence-electron chi connectivity index (χ2n) is 4.22. The van der Waals surface area contributed by atoms with Gasteiger partial charge in [0, 0.05) is 5.56 Å². The van der Waals surface area contributed by atoms with Crippen LogP contribution in [-0.4, -0.2) is 12.8 Å².